The van der Waals surface area contributed by atoms with E-state index in [1.54, 1.807) is 24.3 Å². The molecule has 0 aliphatic carbocycles. The number of carbonyl (C=O) groups excluding carboxylic acids is 1. The van der Waals surface area contributed by atoms with Crippen LogP contribution in [0, 0.1) is 0 Å². The van der Waals surface area contributed by atoms with Crippen LogP contribution < -0.4 is 9.05 Å². The zero-order valence-corrected chi connectivity index (χ0v) is 17.8. The van der Waals surface area contributed by atoms with Crippen LogP contribution in [-0.2, 0) is 18.9 Å². The highest BCUT2D eigenvalue weighted by Crippen LogP contribution is 2.50. The van der Waals surface area contributed by atoms with Gasteiger partial charge < -0.3 is 9.05 Å². The number of hydrogen-bond acceptors (Lipinski definition) is 6. The lowest BCUT2D eigenvalue weighted by atomic mass is 10.0. The Balaban J connectivity index is 2.18. The van der Waals surface area contributed by atoms with Crippen LogP contribution in [0.5, 0.6) is 11.5 Å². The summed E-state index contributed by atoms with van der Waals surface area (Å²) in [6.45, 7) is 9.25. The average Bonchev–Trinajstić information content (AvgIpc) is 2.62. The number of carbonyl (C=O) groups is 1. The maximum absolute atomic E-state index is 13.1. The third kappa shape index (κ3) is 6.79. The van der Waals surface area contributed by atoms with Gasteiger partial charge in [-0.15, -0.1) is 4.67 Å². The lowest BCUT2D eigenvalue weighted by molar-refractivity contribution is -0.216. The standard InChI is InChI=1S/C21H27O6P/c1-15(2)18-6-10-20(11-7-18)25-28(23,27-24-14-17(5)22)26-21-12-8-19(9-13-21)16(3)4/h6-13,15-16H,14H2,1-5H3. The zero-order chi connectivity index (χ0) is 20.7. The fourth-order valence-electron chi connectivity index (χ4n) is 2.31. The molecule has 0 saturated carbocycles. The van der Waals surface area contributed by atoms with Crippen molar-refractivity contribution in [1.29, 1.82) is 0 Å². The molecule has 0 aromatic heterocycles. The molecule has 6 nitrogen and oxygen atoms in total. The highest BCUT2D eigenvalue weighted by molar-refractivity contribution is 7.49. The second-order valence-corrected chi connectivity index (χ2v) is 8.52. The summed E-state index contributed by atoms with van der Waals surface area (Å²) in [5.41, 5.74) is 2.22. The predicted octanol–water partition coefficient (Wildman–Crippen LogP) is 6.04. The molecule has 2 aromatic rings. The van der Waals surface area contributed by atoms with Crippen molar-refractivity contribution in [1.82, 2.24) is 0 Å². The summed E-state index contributed by atoms with van der Waals surface area (Å²) >= 11 is 0. The largest absolute Gasteiger partial charge is 0.615 e. The minimum Gasteiger partial charge on any atom is -0.394 e. The summed E-state index contributed by atoms with van der Waals surface area (Å²) in [4.78, 5) is 15.8. The normalized spacial score (nSPS) is 11.7. The van der Waals surface area contributed by atoms with Crippen molar-refractivity contribution in [2.24, 2.45) is 0 Å². The summed E-state index contributed by atoms with van der Waals surface area (Å²) in [6, 6.07) is 14.2. The monoisotopic (exact) mass is 406 g/mol. The Bertz CT molecular complexity index is 754. The first-order valence-electron chi connectivity index (χ1n) is 9.18. The van der Waals surface area contributed by atoms with Gasteiger partial charge in [-0.3, -0.25) is 4.79 Å². The Morgan fingerprint density at radius 2 is 1.21 bits per heavy atom. The topological polar surface area (TPSA) is 71.1 Å². The van der Waals surface area contributed by atoms with Crippen molar-refractivity contribution in [2.75, 3.05) is 6.61 Å². The Labute approximate surface area is 166 Å². The molecule has 0 unspecified atom stereocenters. The minimum atomic E-state index is -4.17. The molecule has 0 radical (unpaired) electrons. The molecule has 2 aromatic carbocycles. The third-order valence-corrected chi connectivity index (χ3v) is 5.09. The van der Waals surface area contributed by atoms with E-state index in [2.05, 4.69) is 27.7 Å². The quantitative estimate of drug-likeness (QED) is 0.272. The molecule has 0 aliphatic heterocycles. The summed E-state index contributed by atoms with van der Waals surface area (Å²) in [7, 11) is -4.17. The van der Waals surface area contributed by atoms with Crippen LogP contribution in [0.25, 0.3) is 0 Å². The van der Waals surface area contributed by atoms with Crippen molar-refractivity contribution in [2.45, 2.75) is 46.5 Å². The van der Waals surface area contributed by atoms with E-state index in [-0.39, 0.29) is 12.4 Å². The highest BCUT2D eigenvalue weighted by atomic mass is 31.2. The molecule has 2 rings (SSSR count). The SMILES string of the molecule is CC(=O)COOP(=O)(Oc1ccc(C(C)C)cc1)Oc1ccc(C(C)C)cc1. The van der Waals surface area contributed by atoms with Crippen molar-refractivity contribution < 1.29 is 28.0 Å². The molecular formula is C21H27O6P. The second-order valence-electron chi connectivity index (χ2n) is 7.12. The summed E-state index contributed by atoms with van der Waals surface area (Å²) in [5, 5.41) is 0. The van der Waals surface area contributed by atoms with E-state index in [1.807, 2.05) is 24.3 Å². The molecule has 28 heavy (non-hydrogen) atoms. The number of Topliss-reactive ketones (excluding diaryl/α,β-unsaturated/α-hetero) is 1. The first-order chi connectivity index (χ1) is 13.2. The van der Waals surface area contributed by atoms with Gasteiger partial charge in [0, 0.05) is 0 Å². The summed E-state index contributed by atoms with van der Waals surface area (Å²) in [6.07, 6.45) is 0. The lowest BCUT2D eigenvalue weighted by Gasteiger charge is -2.18. The van der Waals surface area contributed by atoms with Gasteiger partial charge in [-0.25, -0.2) is 9.45 Å². The van der Waals surface area contributed by atoms with E-state index in [0.29, 0.717) is 23.3 Å². The molecule has 0 N–H and O–H groups in total. The van der Waals surface area contributed by atoms with Crippen LogP contribution in [0.15, 0.2) is 48.5 Å². The first kappa shape index (κ1) is 22.2. The average molecular weight is 406 g/mol. The molecule has 0 atom stereocenters. The maximum Gasteiger partial charge on any atom is 0.615 e. The van der Waals surface area contributed by atoms with Crippen LogP contribution >= 0.6 is 7.82 Å². The zero-order valence-electron chi connectivity index (χ0n) is 16.9. The van der Waals surface area contributed by atoms with Crippen molar-refractivity contribution in [3.63, 3.8) is 0 Å². The van der Waals surface area contributed by atoms with Crippen LogP contribution in [0.2, 0.25) is 0 Å². The minimum absolute atomic E-state index is 0.283. The molecule has 7 heteroatoms. The smallest absolute Gasteiger partial charge is 0.394 e. The Morgan fingerprint density at radius 1 is 0.821 bits per heavy atom. The third-order valence-electron chi connectivity index (χ3n) is 3.93. The second kappa shape index (κ2) is 9.87. The molecule has 0 spiro atoms. The Morgan fingerprint density at radius 3 is 1.54 bits per heavy atom. The van der Waals surface area contributed by atoms with E-state index < -0.39 is 7.82 Å². The lowest BCUT2D eigenvalue weighted by Crippen LogP contribution is -2.09. The maximum atomic E-state index is 13.1. The van der Waals surface area contributed by atoms with E-state index in [9.17, 15) is 9.36 Å². The van der Waals surface area contributed by atoms with Crippen LogP contribution in [0.1, 0.15) is 57.6 Å². The highest BCUT2D eigenvalue weighted by Gasteiger charge is 2.33. The Hall–Kier alpha value is -2.14. The van der Waals surface area contributed by atoms with Crippen molar-refractivity contribution in [3.05, 3.63) is 59.7 Å². The number of ketones is 1. The molecule has 0 fully saturated rings. The van der Waals surface area contributed by atoms with E-state index in [0.717, 1.165) is 11.1 Å². The fraction of sp³-hybridized carbons (Fsp3) is 0.381. The van der Waals surface area contributed by atoms with E-state index in [1.165, 1.54) is 6.92 Å². The molecule has 0 bridgehead atoms. The molecule has 152 valence electrons. The molecular weight excluding hydrogens is 379 g/mol. The summed E-state index contributed by atoms with van der Waals surface area (Å²) < 4.78 is 28.9. The number of phosphoric ester groups is 1. The van der Waals surface area contributed by atoms with Crippen LogP contribution in [0.4, 0.5) is 0 Å². The number of rotatable bonds is 10. The van der Waals surface area contributed by atoms with E-state index >= 15 is 0 Å². The van der Waals surface area contributed by atoms with Gasteiger partial charge in [0.05, 0.1) is 0 Å². The van der Waals surface area contributed by atoms with Gasteiger partial charge in [0.1, 0.15) is 18.1 Å². The van der Waals surface area contributed by atoms with Crippen LogP contribution in [-0.4, -0.2) is 12.4 Å². The van der Waals surface area contributed by atoms with E-state index in [4.69, 9.17) is 18.6 Å². The van der Waals surface area contributed by atoms with Gasteiger partial charge in [0.25, 0.3) is 0 Å². The molecule has 0 saturated heterocycles. The predicted molar refractivity (Wildman–Crippen MR) is 108 cm³/mol. The van der Waals surface area contributed by atoms with Gasteiger partial charge in [0.15, 0.2) is 5.78 Å². The first-order valence-corrected chi connectivity index (χ1v) is 10.6. The fourth-order valence-corrected chi connectivity index (χ4v) is 3.35. The van der Waals surface area contributed by atoms with Gasteiger partial charge in [-0.2, -0.15) is 0 Å². The van der Waals surface area contributed by atoms with Crippen molar-refractivity contribution >= 4 is 13.6 Å². The Kier molecular flexibility index (Phi) is 7.81. The van der Waals surface area contributed by atoms with Crippen LogP contribution in [0.3, 0.4) is 0 Å². The number of benzene rings is 2. The van der Waals surface area contributed by atoms with Gasteiger partial charge >= 0.3 is 7.82 Å². The van der Waals surface area contributed by atoms with Gasteiger partial charge in [-0.05, 0) is 54.2 Å². The number of hydrogen-bond donors (Lipinski definition) is 0. The van der Waals surface area contributed by atoms with Gasteiger partial charge in [0.2, 0.25) is 0 Å². The molecule has 0 heterocycles. The summed E-state index contributed by atoms with van der Waals surface area (Å²) in [5.74, 6) is 1.03. The van der Waals surface area contributed by atoms with Crippen molar-refractivity contribution in [3.8, 4) is 11.5 Å². The molecule has 0 amide bonds. The number of phosphoric acid groups is 1. The molecule has 0 aliphatic rings. The van der Waals surface area contributed by atoms with Gasteiger partial charge in [-0.1, -0.05) is 52.0 Å².